The summed E-state index contributed by atoms with van der Waals surface area (Å²) in [5.41, 5.74) is 1.44. The van der Waals surface area contributed by atoms with Gasteiger partial charge >= 0.3 is 0 Å². The number of thioether (sulfide) groups is 1. The van der Waals surface area contributed by atoms with E-state index in [0.29, 0.717) is 22.7 Å². The molecule has 3 aromatic rings. The first kappa shape index (κ1) is 22.3. The van der Waals surface area contributed by atoms with Crippen LogP contribution in [0.4, 0.5) is 20.2 Å². The molecule has 0 spiro atoms. The van der Waals surface area contributed by atoms with E-state index in [9.17, 15) is 18.4 Å². The number of rotatable bonds is 7. The van der Waals surface area contributed by atoms with Crippen LogP contribution in [0.5, 0.6) is 5.75 Å². The molecule has 8 heteroatoms. The van der Waals surface area contributed by atoms with Gasteiger partial charge in [0.25, 0.3) is 5.91 Å². The molecule has 1 unspecified atom stereocenters. The Morgan fingerprint density at radius 2 is 1.68 bits per heavy atom. The van der Waals surface area contributed by atoms with Crippen LogP contribution in [-0.2, 0) is 4.79 Å². The topological polar surface area (TPSA) is 67.4 Å². The number of anilines is 2. The molecule has 0 heterocycles. The second-order valence-electron chi connectivity index (χ2n) is 6.56. The van der Waals surface area contributed by atoms with Crippen molar-refractivity contribution in [2.45, 2.75) is 17.1 Å². The van der Waals surface area contributed by atoms with Crippen molar-refractivity contribution in [3.8, 4) is 5.75 Å². The molecule has 0 aliphatic heterocycles. The van der Waals surface area contributed by atoms with Gasteiger partial charge in [0.2, 0.25) is 5.91 Å². The van der Waals surface area contributed by atoms with E-state index in [1.807, 2.05) is 0 Å². The molecule has 0 fully saturated rings. The van der Waals surface area contributed by atoms with Crippen molar-refractivity contribution in [1.82, 2.24) is 0 Å². The molecule has 5 nitrogen and oxygen atoms in total. The molecule has 0 aliphatic rings. The summed E-state index contributed by atoms with van der Waals surface area (Å²) in [4.78, 5) is 25.1. The van der Waals surface area contributed by atoms with Gasteiger partial charge in [0.15, 0.2) is 0 Å². The van der Waals surface area contributed by atoms with E-state index >= 15 is 0 Å². The van der Waals surface area contributed by atoms with E-state index in [-0.39, 0.29) is 16.7 Å². The average Bonchev–Trinajstić information content (AvgIpc) is 2.76. The Morgan fingerprint density at radius 3 is 2.35 bits per heavy atom. The van der Waals surface area contributed by atoms with Gasteiger partial charge in [-0.1, -0.05) is 12.1 Å². The van der Waals surface area contributed by atoms with E-state index in [1.54, 1.807) is 55.5 Å². The number of hydrogen-bond donors (Lipinski definition) is 2. The van der Waals surface area contributed by atoms with E-state index in [4.69, 9.17) is 4.74 Å². The van der Waals surface area contributed by atoms with Crippen molar-refractivity contribution in [2.24, 2.45) is 0 Å². The minimum absolute atomic E-state index is 0.187. The van der Waals surface area contributed by atoms with Crippen LogP contribution in [0.1, 0.15) is 17.3 Å². The Morgan fingerprint density at radius 1 is 0.968 bits per heavy atom. The summed E-state index contributed by atoms with van der Waals surface area (Å²) in [5.74, 6) is -1.51. The molecule has 0 aromatic heterocycles. The molecule has 0 radical (unpaired) electrons. The maximum absolute atomic E-state index is 13.8. The zero-order valence-corrected chi connectivity index (χ0v) is 17.6. The molecular formula is C23H20F2N2O3S. The highest BCUT2D eigenvalue weighted by atomic mass is 32.2. The van der Waals surface area contributed by atoms with Crippen LogP contribution >= 0.6 is 11.8 Å². The summed E-state index contributed by atoms with van der Waals surface area (Å²) < 4.78 is 32.0. The summed E-state index contributed by atoms with van der Waals surface area (Å²) in [6, 6.07) is 16.6. The number of nitrogens with one attached hydrogen (secondary N) is 2. The normalized spacial score (nSPS) is 11.5. The lowest BCUT2D eigenvalue weighted by atomic mass is 10.2. The lowest BCUT2D eigenvalue weighted by Gasteiger charge is -2.13. The van der Waals surface area contributed by atoms with Crippen molar-refractivity contribution in [3.63, 3.8) is 0 Å². The molecule has 2 amide bonds. The van der Waals surface area contributed by atoms with Crippen LogP contribution in [0.2, 0.25) is 0 Å². The number of halogens is 2. The van der Waals surface area contributed by atoms with Gasteiger partial charge < -0.3 is 15.4 Å². The first-order valence-electron chi connectivity index (χ1n) is 9.34. The quantitative estimate of drug-likeness (QED) is 0.485. The Balaban J connectivity index is 1.60. The van der Waals surface area contributed by atoms with Crippen LogP contribution in [0.25, 0.3) is 0 Å². The molecule has 0 aliphatic carbocycles. The fourth-order valence-corrected chi connectivity index (χ4v) is 3.57. The minimum Gasteiger partial charge on any atom is -0.495 e. The fraction of sp³-hybridized carbons (Fsp3) is 0.130. The molecule has 0 saturated heterocycles. The highest BCUT2D eigenvalue weighted by Gasteiger charge is 2.17. The second-order valence-corrected chi connectivity index (χ2v) is 7.94. The van der Waals surface area contributed by atoms with E-state index < -0.39 is 16.9 Å². The third-order valence-electron chi connectivity index (χ3n) is 4.34. The number of carbonyl (C=O) groups excluding carboxylic acids is 2. The van der Waals surface area contributed by atoms with E-state index in [1.165, 1.54) is 13.2 Å². The van der Waals surface area contributed by atoms with Gasteiger partial charge in [0.1, 0.15) is 17.4 Å². The Hall–Kier alpha value is -3.39. The number of methoxy groups -OCH3 is 1. The third-order valence-corrected chi connectivity index (χ3v) is 5.49. The van der Waals surface area contributed by atoms with Gasteiger partial charge in [-0.25, -0.2) is 8.78 Å². The predicted octanol–water partition coefficient (Wildman–Crippen LogP) is 5.35. The van der Waals surface area contributed by atoms with Gasteiger partial charge in [-0.3, -0.25) is 9.59 Å². The summed E-state index contributed by atoms with van der Waals surface area (Å²) >= 11 is 0.989. The van der Waals surface area contributed by atoms with E-state index in [0.717, 1.165) is 23.9 Å². The Labute approximate surface area is 182 Å². The minimum atomic E-state index is -0.713. The standard InChI is InChI=1S/C23H20F2N2O3S/c1-14(31-21-12-9-16(24)13-18(21)25)22(28)26-17-10-7-15(8-11-17)23(29)27-19-5-3-4-6-20(19)30-2/h3-14H,1-2H3,(H,26,28)(H,27,29). The largest absolute Gasteiger partial charge is 0.495 e. The first-order valence-corrected chi connectivity index (χ1v) is 10.2. The summed E-state index contributed by atoms with van der Waals surface area (Å²) in [5, 5.41) is 4.88. The summed E-state index contributed by atoms with van der Waals surface area (Å²) in [7, 11) is 1.52. The van der Waals surface area contributed by atoms with Gasteiger partial charge in [0.05, 0.1) is 18.0 Å². The number of benzene rings is 3. The second kappa shape index (κ2) is 10.1. The van der Waals surface area contributed by atoms with Crippen LogP contribution in [0, 0.1) is 11.6 Å². The summed E-state index contributed by atoms with van der Waals surface area (Å²) in [6.07, 6.45) is 0. The third kappa shape index (κ3) is 5.82. The Kier molecular flexibility index (Phi) is 7.25. The van der Waals surface area contributed by atoms with Crippen LogP contribution in [-0.4, -0.2) is 24.2 Å². The molecule has 31 heavy (non-hydrogen) atoms. The zero-order valence-electron chi connectivity index (χ0n) is 16.8. The fourth-order valence-electron chi connectivity index (χ4n) is 2.71. The smallest absolute Gasteiger partial charge is 0.255 e. The van der Waals surface area contributed by atoms with Crippen molar-refractivity contribution >= 4 is 35.0 Å². The van der Waals surface area contributed by atoms with Gasteiger partial charge in [0, 0.05) is 22.2 Å². The lowest BCUT2D eigenvalue weighted by molar-refractivity contribution is -0.115. The number of amides is 2. The average molecular weight is 442 g/mol. The molecule has 0 saturated carbocycles. The maximum atomic E-state index is 13.8. The van der Waals surface area contributed by atoms with Gasteiger partial charge in [-0.05, 0) is 55.5 Å². The zero-order chi connectivity index (χ0) is 22.4. The van der Waals surface area contributed by atoms with Crippen LogP contribution < -0.4 is 15.4 Å². The molecular weight excluding hydrogens is 422 g/mol. The molecule has 3 aromatic carbocycles. The van der Waals surface area contributed by atoms with Crippen molar-refractivity contribution in [1.29, 1.82) is 0 Å². The van der Waals surface area contributed by atoms with Gasteiger partial charge in [-0.2, -0.15) is 0 Å². The van der Waals surface area contributed by atoms with Crippen LogP contribution in [0.15, 0.2) is 71.6 Å². The monoisotopic (exact) mass is 442 g/mol. The molecule has 1 atom stereocenters. The lowest BCUT2D eigenvalue weighted by Crippen LogP contribution is -2.22. The maximum Gasteiger partial charge on any atom is 0.255 e. The molecule has 2 N–H and O–H groups in total. The number of carbonyl (C=O) groups is 2. The predicted molar refractivity (Wildman–Crippen MR) is 118 cm³/mol. The van der Waals surface area contributed by atoms with Crippen molar-refractivity contribution in [2.75, 3.05) is 17.7 Å². The Bertz CT molecular complexity index is 1090. The van der Waals surface area contributed by atoms with Crippen molar-refractivity contribution < 1.29 is 23.1 Å². The number of ether oxygens (including phenoxy) is 1. The molecule has 0 bridgehead atoms. The highest BCUT2D eigenvalue weighted by molar-refractivity contribution is 8.00. The number of para-hydroxylation sites is 2. The molecule has 160 valence electrons. The van der Waals surface area contributed by atoms with Crippen molar-refractivity contribution in [3.05, 3.63) is 83.9 Å². The highest BCUT2D eigenvalue weighted by Crippen LogP contribution is 2.27. The summed E-state index contributed by atoms with van der Waals surface area (Å²) in [6.45, 7) is 1.62. The first-order chi connectivity index (χ1) is 14.9. The molecule has 3 rings (SSSR count). The van der Waals surface area contributed by atoms with Crippen LogP contribution in [0.3, 0.4) is 0 Å². The SMILES string of the molecule is COc1ccccc1NC(=O)c1ccc(NC(=O)C(C)Sc2ccc(F)cc2F)cc1. The van der Waals surface area contributed by atoms with Gasteiger partial charge in [-0.15, -0.1) is 11.8 Å². The van der Waals surface area contributed by atoms with E-state index in [2.05, 4.69) is 10.6 Å². The number of hydrogen-bond acceptors (Lipinski definition) is 4.